The van der Waals surface area contributed by atoms with Crippen LogP contribution in [-0.2, 0) is 19.1 Å². The number of thioether (sulfide) groups is 1. The van der Waals surface area contributed by atoms with Crippen LogP contribution in [0.2, 0.25) is 0 Å². The maximum Gasteiger partial charge on any atom is 0.333 e. The second kappa shape index (κ2) is 12.7. The molecule has 2 rings (SSSR count). The molecule has 2 unspecified atom stereocenters. The van der Waals surface area contributed by atoms with Gasteiger partial charge >= 0.3 is 5.97 Å². The van der Waals surface area contributed by atoms with Crippen LogP contribution < -0.4 is 5.32 Å². The van der Waals surface area contributed by atoms with E-state index in [2.05, 4.69) is 36.2 Å². The Morgan fingerprint density at radius 3 is 2.26 bits per heavy atom. The van der Waals surface area contributed by atoms with Crippen molar-refractivity contribution in [3.05, 3.63) is 47.5 Å². The lowest BCUT2D eigenvalue weighted by Gasteiger charge is -2.39. The van der Waals surface area contributed by atoms with E-state index >= 15 is 0 Å². The molecule has 0 aromatic heterocycles. The van der Waals surface area contributed by atoms with Gasteiger partial charge in [-0.25, -0.2) is 4.79 Å². The number of hydrogen-bond donors (Lipinski definition) is 1. The van der Waals surface area contributed by atoms with E-state index in [0.29, 0.717) is 12.2 Å². The van der Waals surface area contributed by atoms with E-state index in [1.807, 2.05) is 59.9 Å². The lowest BCUT2D eigenvalue weighted by molar-refractivity contribution is -0.141. The minimum absolute atomic E-state index is 0.0368. The normalized spacial score (nSPS) is 21.6. The van der Waals surface area contributed by atoms with Crippen molar-refractivity contribution in [2.45, 2.75) is 90.6 Å². The summed E-state index contributed by atoms with van der Waals surface area (Å²) in [5.41, 5.74) is 1.07. The Morgan fingerprint density at radius 1 is 1.18 bits per heavy atom. The van der Waals surface area contributed by atoms with Crippen LogP contribution in [0.25, 0.3) is 0 Å². The van der Waals surface area contributed by atoms with Gasteiger partial charge in [-0.3, -0.25) is 14.5 Å². The second-order valence-corrected chi connectivity index (χ2v) is 13.8. The summed E-state index contributed by atoms with van der Waals surface area (Å²) in [7, 11) is 3.71. The molecule has 1 N–H and O–H groups in total. The molecule has 1 aromatic rings. The molecule has 2 amide bonds. The molecule has 0 bridgehead atoms. The van der Waals surface area contributed by atoms with Crippen molar-refractivity contribution in [3.8, 4) is 0 Å². The van der Waals surface area contributed by atoms with Gasteiger partial charge in [0.25, 0.3) is 0 Å². The summed E-state index contributed by atoms with van der Waals surface area (Å²) in [5.74, 6) is -0.697. The molecule has 4 atom stereocenters. The molecule has 7 nitrogen and oxygen atoms in total. The molecular formula is C30H47N3O4S. The highest BCUT2D eigenvalue weighted by Crippen LogP contribution is 2.51. The number of esters is 1. The third-order valence-corrected chi connectivity index (χ3v) is 8.74. The van der Waals surface area contributed by atoms with Gasteiger partial charge in [0.15, 0.2) is 0 Å². The van der Waals surface area contributed by atoms with Crippen LogP contribution in [-0.4, -0.2) is 71.2 Å². The zero-order valence-corrected chi connectivity index (χ0v) is 25.8. The van der Waals surface area contributed by atoms with E-state index < -0.39 is 23.5 Å². The summed E-state index contributed by atoms with van der Waals surface area (Å²) in [6.07, 6.45) is 1.79. The number of benzene rings is 1. The first kappa shape index (κ1) is 31.9. The van der Waals surface area contributed by atoms with Crippen LogP contribution in [0, 0.1) is 11.3 Å². The van der Waals surface area contributed by atoms with Crippen LogP contribution in [0.3, 0.4) is 0 Å². The number of carbonyl (C=O) groups is 3. The SMILES string of the molecule is CCOC(=O)/C(C)=C/C(C(C)C)N(C)C(=O)[C@@H](NC(=O)[C@H]1N(C)C(c2ccccc2)SC1(C)C)C(C)(C)C. The number of carbonyl (C=O) groups excluding carboxylic acids is 3. The van der Waals surface area contributed by atoms with Crippen LogP contribution in [0.4, 0.5) is 0 Å². The van der Waals surface area contributed by atoms with E-state index in [0.717, 1.165) is 5.56 Å². The smallest absolute Gasteiger partial charge is 0.333 e. The average molecular weight is 546 g/mol. The summed E-state index contributed by atoms with van der Waals surface area (Å²) in [6, 6.07) is 8.67. The van der Waals surface area contributed by atoms with Crippen molar-refractivity contribution in [2.75, 3.05) is 20.7 Å². The van der Waals surface area contributed by atoms with E-state index in [1.165, 1.54) is 0 Å². The molecule has 0 spiro atoms. The lowest BCUT2D eigenvalue weighted by Crippen LogP contribution is -2.60. The van der Waals surface area contributed by atoms with Gasteiger partial charge in [-0.1, -0.05) is 71.0 Å². The van der Waals surface area contributed by atoms with Crippen LogP contribution in [0.15, 0.2) is 42.0 Å². The fraction of sp³-hybridized carbons (Fsp3) is 0.633. The standard InChI is InChI=1S/C30H47N3O4S/c1-12-37-28(36)20(4)18-22(19(2)3)32(10)26(35)23(29(5,6)7)31-25(34)24-30(8,9)38-27(33(24)11)21-16-14-13-15-17-21/h13-19,22-24,27H,12H2,1-11H3,(H,31,34)/b20-18+/t22?,23-,24-,27?/m1/s1. The van der Waals surface area contributed by atoms with Crippen molar-refractivity contribution >= 4 is 29.5 Å². The first-order valence-electron chi connectivity index (χ1n) is 13.4. The molecule has 8 heteroatoms. The highest BCUT2D eigenvalue weighted by Gasteiger charge is 2.51. The first-order chi connectivity index (χ1) is 17.5. The Hall–Kier alpha value is -2.32. The monoisotopic (exact) mass is 545 g/mol. The number of nitrogens with zero attached hydrogens (tertiary/aromatic N) is 2. The molecule has 0 radical (unpaired) electrons. The van der Waals surface area contributed by atoms with Crippen LogP contribution in [0.5, 0.6) is 0 Å². The zero-order chi connectivity index (χ0) is 29.0. The van der Waals surface area contributed by atoms with Gasteiger partial charge in [-0.2, -0.15) is 0 Å². The average Bonchev–Trinajstić information content (AvgIpc) is 3.07. The predicted molar refractivity (Wildman–Crippen MR) is 156 cm³/mol. The highest BCUT2D eigenvalue weighted by atomic mass is 32.2. The second-order valence-electron chi connectivity index (χ2n) is 12.1. The Morgan fingerprint density at radius 2 is 1.76 bits per heavy atom. The van der Waals surface area contributed by atoms with Crippen LogP contribution in [0.1, 0.15) is 73.3 Å². The molecule has 1 aliphatic heterocycles. The van der Waals surface area contributed by atoms with Gasteiger partial charge in [0, 0.05) is 17.4 Å². The number of ether oxygens (including phenoxy) is 1. The summed E-state index contributed by atoms with van der Waals surface area (Å²) in [4.78, 5) is 43.8. The van der Waals surface area contributed by atoms with Gasteiger partial charge < -0.3 is 15.0 Å². The highest BCUT2D eigenvalue weighted by molar-refractivity contribution is 8.01. The first-order valence-corrected chi connectivity index (χ1v) is 14.3. The van der Waals surface area contributed by atoms with Crippen molar-refractivity contribution in [3.63, 3.8) is 0 Å². The fourth-order valence-electron chi connectivity index (χ4n) is 5.02. The Balaban J connectivity index is 2.33. The summed E-state index contributed by atoms with van der Waals surface area (Å²) in [6.45, 7) is 17.8. The minimum atomic E-state index is -0.748. The quantitative estimate of drug-likeness (QED) is 0.346. The third-order valence-electron chi connectivity index (χ3n) is 7.08. The largest absolute Gasteiger partial charge is 0.463 e. The molecule has 1 heterocycles. The van der Waals surface area contributed by atoms with E-state index in [1.54, 1.807) is 43.6 Å². The third kappa shape index (κ3) is 7.41. The minimum Gasteiger partial charge on any atom is -0.463 e. The van der Waals surface area contributed by atoms with Crippen molar-refractivity contribution in [1.82, 2.24) is 15.1 Å². The Labute approximate surface area is 233 Å². The van der Waals surface area contributed by atoms with Gasteiger partial charge in [-0.05, 0) is 51.6 Å². The molecule has 1 saturated heterocycles. The van der Waals surface area contributed by atoms with Crippen LogP contribution >= 0.6 is 11.8 Å². The summed E-state index contributed by atoms with van der Waals surface area (Å²) >= 11 is 1.76. The molecule has 1 aromatic carbocycles. The van der Waals surface area contributed by atoms with Gasteiger partial charge in [0.05, 0.1) is 18.0 Å². The van der Waals surface area contributed by atoms with Crippen molar-refractivity contribution < 1.29 is 19.1 Å². The predicted octanol–water partition coefficient (Wildman–Crippen LogP) is 5.03. The number of amides is 2. The number of nitrogens with one attached hydrogen (secondary N) is 1. The van der Waals surface area contributed by atoms with Crippen molar-refractivity contribution in [2.24, 2.45) is 11.3 Å². The van der Waals surface area contributed by atoms with E-state index in [4.69, 9.17) is 4.74 Å². The molecule has 212 valence electrons. The lowest BCUT2D eigenvalue weighted by atomic mass is 9.84. The van der Waals surface area contributed by atoms with Gasteiger partial charge in [0.1, 0.15) is 12.1 Å². The topological polar surface area (TPSA) is 79.0 Å². The Kier molecular flexibility index (Phi) is 10.7. The number of rotatable bonds is 9. The molecular weight excluding hydrogens is 498 g/mol. The number of likely N-dealkylation sites (N-methyl/N-ethyl adjacent to an activating group) is 2. The summed E-state index contributed by atoms with van der Waals surface area (Å²) < 4.78 is 4.77. The maximum atomic E-state index is 13.9. The molecule has 1 aliphatic rings. The molecule has 0 aliphatic carbocycles. The maximum absolute atomic E-state index is 13.9. The van der Waals surface area contributed by atoms with Gasteiger partial charge in [0.2, 0.25) is 11.8 Å². The fourth-order valence-corrected chi connectivity index (χ4v) is 6.58. The van der Waals surface area contributed by atoms with E-state index in [9.17, 15) is 14.4 Å². The Bertz CT molecular complexity index is 1020. The number of hydrogen-bond acceptors (Lipinski definition) is 6. The van der Waals surface area contributed by atoms with Gasteiger partial charge in [-0.15, -0.1) is 11.8 Å². The van der Waals surface area contributed by atoms with E-state index in [-0.39, 0.29) is 33.9 Å². The molecule has 38 heavy (non-hydrogen) atoms. The molecule has 1 fully saturated rings. The zero-order valence-electron chi connectivity index (χ0n) is 25.0. The van der Waals surface area contributed by atoms with Crippen molar-refractivity contribution in [1.29, 1.82) is 0 Å². The molecule has 0 saturated carbocycles. The summed E-state index contributed by atoms with van der Waals surface area (Å²) in [5, 5.41) is 3.17.